The van der Waals surface area contributed by atoms with Gasteiger partial charge in [0.05, 0.1) is 12.7 Å². The Hall–Kier alpha value is -4.71. The normalized spacial score (nSPS) is 10.6. The molecule has 0 fully saturated rings. The molecule has 0 aliphatic heterocycles. The van der Waals surface area contributed by atoms with Crippen molar-refractivity contribution in [3.63, 3.8) is 0 Å². The van der Waals surface area contributed by atoms with Crippen LogP contribution in [0.15, 0.2) is 76.4 Å². The largest absolute Gasteiger partial charge is 0.531 e. The topological polar surface area (TPSA) is 138 Å². The summed E-state index contributed by atoms with van der Waals surface area (Å²) in [6.45, 7) is -0.0774. The molecule has 178 valence electrons. The standard InChI is InChI=1S/C22H15ClFN5O6/c23-14-3-1-13(2-4-14)12-28-19(27-20(30)29(21(28)31)35-22(32)33)26-16-6-8-17(9-7-16)34-18-10-5-15(24)11-25-18/h1-11H,12H2,(H,32,33)(H,26,27,30). The molecule has 0 radical (unpaired) electrons. The molecule has 2 heterocycles. The first-order chi connectivity index (χ1) is 16.8. The molecule has 2 aromatic carbocycles. The first kappa shape index (κ1) is 23.4. The molecular weight excluding hydrogens is 485 g/mol. The van der Waals surface area contributed by atoms with Crippen LogP contribution in [-0.4, -0.2) is 30.5 Å². The Labute approximate surface area is 200 Å². The van der Waals surface area contributed by atoms with Gasteiger partial charge in [0, 0.05) is 16.8 Å². The zero-order chi connectivity index (χ0) is 24.9. The predicted molar refractivity (Wildman–Crippen MR) is 122 cm³/mol. The van der Waals surface area contributed by atoms with Gasteiger partial charge < -0.3 is 15.2 Å². The maximum atomic E-state index is 13.0. The lowest BCUT2D eigenvalue weighted by molar-refractivity contribution is 0.0693. The first-order valence-electron chi connectivity index (χ1n) is 9.84. The molecule has 2 aromatic heterocycles. The van der Waals surface area contributed by atoms with E-state index in [9.17, 15) is 18.8 Å². The Kier molecular flexibility index (Phi) is 6.73. The summed E-state index contributed by atoms with van der Waals surface area (Å²) in [5.41, 5.74) is -1.24. The molecule has 0 saturated heterocycles. The number of benzene rings is 2. The van der Waals surface area contributed by atoms with Gasteiger partial charge in [0.2, 0.25) is 11.8 Å². The van der Waals surface area contributed by atoms with Gasteiger partial charge in [0.25, 0.3) is 0 Å². The number of ether oxygens (including phenoxy) is 1. The van der Waals surface area contributed by atoms with E-state index >= 15 is 0 Å². The number of pyridine rings is 1. The fourth-order valence-corrected chi connectivity index (χ4v) is 3.05. The highest BCUT2D eigenvalue weighted by Gasteiger charge is 2.17. The van der Waals surface area contributed by atoms with E-state index in [4.69, 9.17) is 21.4 Å². The highest BCUT2D eigenvalue weighted by Crippen LogP contribution is 2.23. The Bertz CT molecular complexity index is 1470. The monoisotopic (exact) mass is 499 g/mol. The van der Waals surface area contributed by atoms with Gasteiger partial charge in [0.15, 0.2) is 0 Å². The van der Waals surface area contributed by atoms with Crippen LogP contribution < -0.4 is 26.3 Å². The zero-order valence-corrected chi connectivity index (χ0v) is 18.3. The third kappa shape index (κ3) is 5.81. The van der Waals surface area contributed by atoms with Crippen molar-refractivity contribution in [1.29, 1.82) is 0 Å². The summed E-state index contributed by atoms with van der Waals surface area (Å²) in [6, 6.07) is 15.4. The van der Waals surface area contributed by atoms with Crippen molar-refractivity contribution in [2.75, 3.05) is 5.32 Å². The van der Waals surface area contributed by atoms with Gasteiger partial charge in [-0.1, -0.05) is 28.5 Å². The van der Waals surface area contributed by atoms with Crippen LogP contribution in [0.4, 0.5) is 20.8 Å². The number of hydrogen-bond donors (Lipinski definition) is 2. The van der Waals surface area contributed by atoms with E-state index in [0.717, 1.165) is 10.8 Å². The van der Waals surface area contributed by atoms with Gasteiger partial charge in [-0.25, -0.2) is 23.8 Å². The molecule has 0 saturated carbocycles. The van der Waals surface area contributed by atoms with Gasteiger partial charge in [-0.05, 0) is 48.0 Å². The second kappa shape index (κ2) is 10.1. The maximum Gasteiger partial charge on any atom is 0.531 e. The number of rotatable bonds is 7. The number of carbonyl (C=O) groups is 1. The summed E-state index contributed by atoms with van der Waals surface area (Å²) in [5.74, 6) is -0.0714. The highest BCUT2D eigenvalue weighted by molar-refractivity contribution is 6.30. The minimum Gasteiger partial charge on any atom is -0.448 e. The lowest BCUT2D eigenvalue weighted by Crippen LogP contribution is -2.47. The molecule has 0 aliphatic carbocycles. The van der Waals surface area contributed by atoms with Crippen molar-refractivity contribution in [1.82, 2.24) is 19.3 Å². The van der Waals surface area contributed by atoms with Crippen LogP contribution in [0, 0.1) is 5.82 Å². The van der Waals surface area contributed by atoms with Gasteiger partial charge in [0.1, 0.15) is 11.6 Å². The van der Waals surface area contributed by atoms with Crippen LogP contribution in [0.3, 0.4) is 0 Å². The second-order valence-corrected chi connectivity index (χ2v) is 7.37. The third-order valence-electron chi connectivity index (χ3n) is 4.49. The Morgan fingerprint density at radius 3 is 2.40 bits per heavy atom. The van der Waals surface area contributed by atoms with E-state index in [-0.39, 0.29) is 23.1 Å². The van der Waals surface area contributed by atoms with Crippen molar-refractivity contribution >= 4 is 29.4 Å². The third-order valence-corrected chi connectivity index (χ3v) is 4.74. The summed E-state index contributed by atoms with van der Waals surface area (Å²) < 4.78 is 19.6. The lowest BCUT2D eigenvalue weighted by Gasteiger charge is -2.15. The van der Waals surface area contributed by atoms with Crippen LogP contribution >= 0.6 is 11.6 Å². The summed E-state index contributed by atoms with van der Waals surface area (Å²) >= 11 is 5.90. The van der Waals surface area contributed by atoms with E-state index in [1.165, 1.54) is 12.1 Å². The number of anilines is 2. The van der Waals surface area contributed by atoms with E-state index in [1.54, 1.807) is 48.5 Å². The van der Waals surface area contributed by atoms with Crippen molar-refractivity contribution in [3.8, 4) is 11.6 Å². The van der Waals surface area contributed by atoms with Gasteiger partial charge in [-0.2, -0.15) is 4.98 Å². The summed E-state index contributed by atoms with van der Waals surface area (Å²) in [4.78, 5) is 47.9. The minimum atomic E-state index is -1.85. The molecule has 35 heavy (non-hydrogen) atoms. The summed E-state index contributed by atoms with van der Waals surface area (Å²) in [6.07, 6.45) is -0.830. The van der Waals surface area contributed by atoms with Crippen molar-refractivity contribution in [2.24, 2.45) is 0 Å². The average Bonchev–Trinajstić information content (AvgIpc) is 2.83. The van der Waals surface area contributed by atoms with Crippen LogP contribution in [0.2, 0.25) is 5.02 Å². The Morgan fingerprint density at radius 1 is 1.06 bits per heavy atom. The number of nitrogens with one attached hydrogen (secondary N) is 1. The fraction of sp³-hybridized carbons (Fsp3) is 0.0455. The van der Waals surface area contributed by atoms with E-state index in [2.05, 4.69) is 20.1 Å². The number of carboxylic acid groups (broad SMARTS) is 1. The quantitative estimate of drug-likeness (QED) is 0.392. The van der Waals surface area contributed by atoms with Crippen LogP contribution in [0.1, 0.15) is 5.56 Å². The highest BCUT2D eigenvalue weighted by atomic mass is 35.5. The van der Waals surface area contributed by atoms with Crippen LogP contribution in [-0.2, 0) is 6.54 Å². The molecule has 13 heteroatoms. The molecule has 0 bridgehead atoms. The molecule has 0 aliphatic rings. The van der Waals surface area contributed by atoms with Gasteiger partial charge >= 0.3 is 17.5 Å². The second-order valence-electron chi connectivity index (χ2n) is 6.93. The molecule has 0 atom stereocenters. The van der Waals surface area contributed by atoms with E-state index < -0.39 is 23.4 Å². The molecular formula is C22H15ClFN5O6. The minimum absolute atomic E-state index is 0.0378. The molecule has 0 unspecified atom stereocenters. The molecule has 0 amide bonds. The fourth-order valence-electron chi connectivity index (χ4n) is 2.92. The van der Waals surface area contributed by atoms with Crippen molar-refractivity contribution in [3.05, 3.63) is 104 Å². The Morgan fingerprint density at radius 2 is 1.77 bits per heavy atom. The number of halogens is 2. The summed E-state index contributed by atoms with van der Waals surface area (Å²) in [5, 5.41) is 12.2. The van der Waals surface area contributed by atoms with Crippen molar-refractivity contribution in [2.45, 2.75) is 6.54 Å². The SMILES string of the molecule is O=C(O)On1c(=O)nc(Nc2ccc(Oc3ccc(F)cn3)cc2)n(Cc2ccc(Cl)cc2)c1=O. The maximum absolute atomic E-state index is 13.0. The first-order valence-corrected chi connectivity index (χ1v) is 10.2. The average molecular weight is 500 g/mol. The van der Waals surface area contributed by atoms with E-state index in [1.807, 2.05) is 0 Å². The van der Waals surface area contributed by atoms with Crippen LogP contribution in [0.5, 0.6) is 11.6 Å². The van der Waals surface area contributed by atoms with Gasteiger partial charge in [-0.15, -0.1) is 0 Å². The predicted octanol–water partition coefficient (Wildman–Crippen LogP) is 3.28. The number of aromatic nitrogens is 4. The van der Waals surface area contributed by atoms with Crippen molar-refractivity contribution < 1.29 is 23.9 Å². The Balaban J connectivity index is 1.64. The zero-order valence-electron chi connectivity index (χ0n) is 17.6. The summed E-state index contributed by atoms with van der Waals surface area (Å²) in [7, 11) is 0. The van der Waals surface area contributed by atoms with E-state index in [0.29, 0.717) is 22.0 Å². The van der Waals surface area contributed by atoms with Gasteiger partial charge in [-0.3, -0.25) is 9.40 Å². The molecule has 4 rings (SSSR count). The number of hydrogen-bond acceptors (Lipinski definition) is 8. The number of nitrogens with zero attached hydrogens (tertiary/aromatic N) is 4. The smallest absolute Gasteiger partial charge is 0.448 e. The lowest BCUT2D eigenvalue weighted by atomic mass is 10.2. The molecule has 2 N–H and O–H groups in total. The molecule has 0 spiro atoms. The molecule has 4 aromatic rings. The molecule has 11 nitrogen and oxygen atoms in total. The van der Waals surface area contributed by atoms with Crippen LogP contribution in [0.25, 0.3) is 0 Å².